The zero-order chi connectivity index (χ0) is 29.1. The van der Waals surface area contributed by atoms with Crippen molar-refractivity contribution < 1.29 is 43.9 Å². The van der Waals surface area contributed by atoms with E-state index in [1.165, 1.54) is 5.01 Å². The first-order valence-electron chi connectivity index (χ1n) is 13.5. The van der Waals surface area contributed by atoms with Gasteiger partial charge in [0.1, 0.15) is 24.1 Å². The zero-order valence-corrected chi connectivity index (χ0v) is 24.1. The quantitative estimate of drug-likeness (QED) is 0.0549. The van der Waals surface area contributed by atoms with E-state index in [9.17, 15) is 29.7 Å². The van der Waals surface area contributed by atoms with Gasteiger partial charge in [0.25, 0.3) is 0 Å². The molecule has 0 unspecified atom stereocenters. The molecule has 14 nitrogen and oxygen atoms in total. The van der Waals surface area contributed by atoms with Crippen molar-refractivity contribution in [3.05, 3.63) is 10.8 Å². The molecule has 0 amide bonds. The SMILES string of the molecule is C=NN(c1nc(Cl)nc(NC2CCCC2)c1C)[C@@H]1O[C@H](CO[C@](CO)(CCOCC2CC2)P(=O)(O)O)[C@@H](O)[C@H]1O. The molecule has 0 radical (unpaired) electrons. The molecule has 226 valence electrons. The highest BCUT2D eigenvalue weighted by Gasteiger charge is 2.51. The molecule has 40 heavy (non-hydrogen) atoms. The Balaban J connectivity index is 1.47. The van der Waals surface area contributed by atoms with Crippen LogP contribution in [0.5, 0.6) is 0 Å². The molecule has 3 aliphatic rings. The Morgan fingerprint density at radius 2 is 1.90 bits per heavy atom. The van der Waals surface area contributed by atoms with Crippen molar-refractivity contribution in [2.75, 3.05) is 36.8 Å². The number of aliphatic hydroxyl groups excluding tert-OH is 3. The van der Waals surface area contributed by atoms with Gasteiger partial charge < -0.3 is 44.6 Å². The number of hydrazone groups is 1. The van der Waals surface area contributed by atoms with Crippen molar-refractivity contribution in [3.63, 3.8) is 0 Å². The lowest BCUT2D eigenvalue weighted by Crippen LogP contribution is -2.43. The van der Waals surface area contributed by atoms with E-state index in [2.05, 4.69) is 27.1 Å². The van der Waals surface area contributed by atoms with Gasteiger partial charge in [-0.15, -0.1) is 0 Å². The van der Waals surface area contributed by atoms with Gasteiger partial charge in [0.05, 0.1) is 19.8 Å². The van der Waals surface area contributed by atoms with Crippen LogP contribution in [0.2, 0.25) is 5.28 Å². The third kappa shape index (κ3) is 7.12. The van der Waals surface area contributed by atoms with Crippen LogP contribution in [0.25, 0.3) is 0 Å². The van der Waals surface area contributed by atoms with Gasteiger partial charge in [-0.05, 0) is 50.1 Å². The molecule has 0 bridgehead atoms. The minimum absolute atomic E-state index is 0.0410. The zero-order valence-electron chi connectivity index (χ0n) is 22.4. The molecule has 1 aliphatic heterocycles. The van der Waals surface area contributed by atoms with Crippen molar-refractivity contribution in [1.29, 1.82) is 0 Å². The monoisotopic (exact) mass is 607 g/mol. The molecule has 0 spiro atoms. The van der Waals surface area contributed by atoms with Crippen LogP contribution in [0, 0.1) is 12.8 Å². The highest BCUT2D eigenvalue weighted by atomic mass is 35.5. The van der Waals surface area contributed by atoms with Crippen LogP contribution in [-0.2, 0) is 18.8 Å². The fourth-order valence-electron chi connectivity index (χ4n) is 4.96. The first-order valence-corrected chi connectivity index (χ1v) is 15.4. The van der Waals surface area contributed by atoms with Crippen molar-refractivity contribution in [3.8, 4) is 0 Å². The van der Waals surface area contributed by atoms with E-state index >= 15 is 0 Å². The predicted octanol–water partition coefficient (Wildman–Crippen LogP) is 1.36. The first kappa shape index (κ1) is 31.5. The number of rotatable bonds is 15. The molecule has 1 saturated heterocycles. The lowest BCUT2D eigenvalue weighted by molar-refractivity contribution is -0.107. The maximum absolute atomic E-state index is 12.3. The molecule has 4 rings (SSSR count). The normalized spacial score (nSPS) is 27.1. The highest BCUT2D eigenvalue weighted by molar-refractivity contribution is 7.53. The number of aromatic nitrogens is 2. The molecule has 2 heterocycles. The number of hydrogen-bond acceptors (Lipinski definition) is 12. The number of anilines is 2. The molecular weight excluding hydrogens is 569 g/mol. The van der Waals surface area contributed by atoms with Crippen molar-refractivity contribution >= 4 is 37.5 Å². The van der Waals surface area contributed by atoms with Gasteiger partial charge >= 0.3 is 7.60 Å². The molecule has 3 fully saturated rings. The summed E-state index contributed by atoms with van der Waals surface area (Å²) in [4.78, 5) is 28.6. The Labute approximate surface area is 237 Å². The molecule has 5 atom stereocenters. The Morgan fingerprint density at radius 1 is 1.20 bits per heavy atom. The number of halogens is 1. The summed E-state index contributed by atoms with van der Waals surface area (Å²) in [7, 11) is -4.99. The predicted molar refractivity (Wildman–Crippen MR) is 146 cm³/mol. The fraction of sp³-hybridized carbons (Fsp3) is 0.792. The lowest BCUT2D eigenvalue weighted by Gasteiger charge is -2.33. The van der Waals surface area contributed by atoms with Crippen LogP contribution in [0.1, 0.15) is 50.5 Å². The summed E-state index contributed by atoms with van der Waals surface area (Å²) in [6.45, 7) is 4.19. The standard InChI is InChI=1S/C24H39ClN5O9P/c1-14-20(27-16-5-3-4-6-16)28-23(25)29-21(14)30(26-2)22-19(33)18(32)17(39-22)12-38-24(13-31,40(34,35)36)9-10-37-11-15-7-8-15/h15-19,22,31-33H,2-13H2,1H3,(H,27,28,29)(H2,34,35,36)/t17-,18-,19-,22-,24-/m1/s1. The van der Waals surface area contributed by atoms with E-state index in [-0.39, 0.29) is 30.2 Å². The summed E-state index contributed by atoms with van der Waals surface area (Å²) in [5.41, 5.74) is 0.570. The summed E-state index contributed by atoms with van der Waals surface area (Å²) in [5.74, 6) is 1.15. The van der Waals surface area contributed by atoms with Crippen molar-refractivity contribution in [2.24, 2.45) is 11.0 Å². The summed E-state index contributed by atoms with van der Waals surface area (Å²) in [5, 5.41) is 37.7. The van der Waals surface area contributed by atoms with Gasteiger partial charge in [0, 0.05) is 31.4 Å². The van der Waals surface area contributed by atoms with Gasteiger partial charge in [-0.1, -0.05) is 12.8 Å². The van der Waals surface area contributed by atoms with E-state index < -0.39 is 50.7 Å². The lowest BCUT2D eigenvalue weighted by atomic mass is 10.1. The number of nitrogens with zero attached hydrogens (tertiary/aromatic N) is 4. The van der Waals surface area contributed by atoms with Crippen LogP contribution in [0.3, 0.4) is 0 Å². The molecule has 16 heteroatoms. The van der Waals surface area contributed by atoms with E-state index in [0.29, 0.717) is 23.9 Å². The van der Waals surface area contributed by atoms with Crippen LogP contribution in [-0.4, -0.2) is 104 Å². The highest BCUT2D eigenvalue weighted by Crippen LogP contribution is 2.53. The Kier molecular flexibility index (Phi) is 10.4. The van der Waals surface area contributed by atoms with Crippen molar-refractivity contribution in [1.82, 2.24) is 9.97 Å². The average molecular weight is 608 g/mol. The third-order valence-corrected chi connectivity index (χ3v) is 9.44. The van der Waals surface area contributed by atoms with Crippen LogP contribution in [0.15, 0.2) is 5.10 Å². The minimum Gasteiger partial charge on any atom is -0.393 e. The van der Waals surface area contributed by atoms with Crippen LogP contribution >= 0.6 is 19.2 Å². The molecule has 1 aromatic heterocycles. The molecule has 6 N–H and O–H groups in total. The Hall–Kier alpha value is -1.45. The summed E-state index contributed by atoms with van der Waals surface area (Å²) >= 11 is 6.21. The minimum atomic E-state index is -4.99. The van der Waals surface area contributed by atoms with Gasteiger partial charge in [-0.2, -0.15) is 10.1 Å². The second kappa shape index (κ2) is 13.2. The molecule has 1 aromatic rings. The Morgan fingerprint density at radius 3 is 2.50 bits per heavy atom. The van der Waals surface area contributed by atoms with E-state index in [1.807, 2.05) is 0 Å². The topological polar surface area (TPSA) is 199 Å². The van der Waals surface area contributed by atoms with Crippen molar-refractivity contribution in [2.45, 2.75) is 87.8 Å². The maximum atomic E-state index is 12.3. The van der Waals surface area contributed by atoms with Gasteiger partial charge in [-0.3, -0.25) is 4.57 Å². The van der Waals surface area contributed by atoms with Gasteiger partial charge in [0.15, 0.2) is 17.4 Å². The second-order valence-corrected chi connectivity index (χ2v) is 12.9. The summed E-state index contributed by atoms with van der Waals surface area (Å²) < 4.78 is 29.3. The largest absolute Gasteiger partial charge is 0.393 e. The molecular formula is C24H39ClN5O9P. The molecule has 2 aliphatic carbocycles. The average Bonchev–Trinajstić information content (AvgIpc) is 3.52. The van der Waals surface area contributed by atoms with E-state index in [0.717, 1.165) is 38.5 Å². The third-order valence-electron chi connectivity index (χ3n) is 7.72. The summed E-state index contributed by atoms with van der Waals surface area (Å²) in [6, 6.07) is 0.235. The second-order valence-electron chi connectivity index (χ2n) is 10.7. The number of nitrogens with one attached hydrogen (secondary N) is 1. The molecule has 2 saturated carbocycles. The van der Waals surface area contributed by atoms with Crippen LogP contribution in [0.4, 0.5) is 11.6 Å². The first-order chi connectivity index (χ1) is 19.0. The number of hydrogen-bond donors (Lipinski definition) is 6. The van der Waals surface area contributed by atoms with E-state index in [4.69, 9.17) is 25.8 Å². The van der Waals surface area contributed by atoms with Gasteiger partial charge in [-0.25, -0.2) is 9.99 Å². The van der Waals surface area contributed by atoms with E-state index in [1.54, 1.807) is 6.92 Å². The number of ether oxygens (including phenoxy) is 3. The maximum Gasteiger partial charge on any atom is 0.359 e. The fourth-order valence-corrected chi connectivity index (χ4v) is 5.94. The molecule has 0 aromatic carbocycles. The number of aliphatic hydroxyl groups is 3. The Bertz CT molecular complexity index is 1070. The summed E-state index contributed by atoms with van der Waals surface area (Å²) in [6.07, 6.45) is 0.453. The van der Waals surface area contributed by atoms with Crippen LogP contribution < -0.4 is 10.3 Å². The van der Waals surface area contributed by atoms with Gasteiger partial charge in [0.2, 0.25) is 5.28 Å². The smallest absolute Gasteiger partial charge is 0.359 e.